The fraction of sp³-hybridized carbons (Fsp3) is 0.462. The molecule has 0 aromatic heterocycles. The second-order valence-corrected chi connectivity index (χ2v) is 4.26. The number of hydrogen-bond donors (Lipinski definition) is 1. The van der Waals surface area contributed by atoms with E-state index in [9.17, 15) is 9.18 Å². The zero-order chi connectivity index (χ0) is 13.0. The topological polar surface area (TPSA) is 40.5 Å². The molecule has 1 aromatic rings. The number of hydrogen-bond acceptors (Lipinski definition) is 2. The number of halogens is 1. The summed E-state index contributed by atoms with van der Waals surface area (Å²) in [4.78, 5) is 13.7. The van der Waals surface area contributed by atoms with Gasteiger partial charge in [-0.25, -0.2) is 4.39 Å². The van der Waals surface area contributed by atoms with Crippen LogP contribution >= 0.6 is 0 Å². The highest BCUT2D eigenvalue weighted by atomic mass is 19.1. The fourth-order valence-electron chi connectivity index (χ4n) is 1.67. The van der Waals surface area contributed by atoms with E-state index in [4.69, 9.17) is 5.11 Å². The highest BCUT2D eigenvalue weighted by Crippen LogP contribution is 2.18. The minimum Gasteiger partial charge on any atom is -0.508 e. The molecule has 0 bridgehead atoms. The van der Waals surface area contributed by atoms with E-state index in [0.29, 0.717) is 6.54 Å². The summed E-state index contributed by atoms with van der Waals surface area (Å²) in [6.07, 6.45) is 0.823. The lowest BCUT2D eigenvalue weighted by molar-refractivity contribution is 0.0701. The van der Waals surface area contributed by atoms with Gasteiger partial charge in [-0.15, -0.1) is 0 Å². The van der Waals surface area contributed by atoms with Crippen LogP contribution in [0, 0.1) is 5.82 Å². The summed E-state index contributed by atoms with van der Waals surface area (Å²) < 4.78 is 13.6. The van der Waals surface area contributed by atoms with Gasteiger partial charge in [0.25, 0.3) is 5.91 Å². The minimum absolute atomic E-state index is 0.00458. The van der Waals surface area contributed by atoms with Crippen LogP contribution in [0.4, 0.5) is 4.39 Å². The fourth-order valence-corrected chi connectivity index (χ4v) is 1.67. The largest absolute Gasteiger partial charge is 0.508 e. The number of carbonyl (C=O) groups is 1. The molecule has 0 fully saturated rings. The zero-order valence-corrected chi connectivity index (χ0v) is 10.4. The molecule has 1 N–H and O–H groups in total. The van der Waals surface area contributed by atoms with Crippen molar-refractivity contribution in [3.8, 4) is 5.75 Å². The van der Waals surface area contributed by atoms with E-state index in [0.717, 1.165) is 12.5 Å². The number of rotatable bonds is 4. The Kier molecular flexibility index (Phi) is 4.49. The van der Waals surface area contributed by atoms with Crippen molar-refractivity contribution in [1.82, 2.24) is 4.90 Å². The molecule has 0 saturated heterocycles. The van der Waals surface area contributed by atoms with Crippen molar-refractivity contribution in [2.45, 2.75) is 33.2 Å². The molecule has 0 saturated carbocycles. The maximum Gasteiger partial charge on any atom is 0.257 e. The summed E-state index contributed by atoms with van der Waals surface area (Å²) in [6, 6.07) is 3.62. The molecule has 3 nitrogen and oxygen atoms in total. The van der Waals surface area contributed by atoms with Gasteiger partial charge in [-0.3, -0.25) is 4.79 Å². The average molecular weight is 239 g/mol. The molecule has 1 rings (SSSR count). The van der Waals surface area contributed by atoms with Gasteiger partial charge in [0.1, 0.15) is 11.6 Å². The number of nitrogens with zero attached hydrogens (tertiary/aromatic N) is 1. The Morgan fingerprint density at radius 2 is 2.12 bits per heavy atom. The van der Waals surface area contributed by atoms with Gasteiger partial charge in [0.05, 0.1) is 5.56 Å². The van der Waals surface area contributed by atoms with E-state index in [1.165, 1.54) is 12.1 Å². The monoisotopic (exact) mass is 239 g/mol. The molecule has 0 aliphatic rings. The van der Waals surface area contributed by atoms with Crippen LogP contribution < -0.4 is 0 Å². The van der Waals surface area contributed by atoms with Gasteiger partial charge in [-0.2, -0.15) is 0 Å². The molecule has 0 unspecified atom stereocenters. The van der Waals surface area contributed by atoms with E-state index in [2.05, 4.69) is 0 Å². The van der Waals surface area contributed by atoms with Crippen molar-refractivity contribution in [3.63, 3.8) is 0 Å². The second kappa shape index (κ2) is 5.66. The predicted molar refractivity (Wildman–Crippen MR) is 64.5 cm³/mol. The van der Waals surface area contributed by atoms with Gasteiger partial charge in [0, 0.05) is 18.7 Å². The van der Waals surface area contributed by atoms with Crippen molar-refractivity contribution < 1.29 is 14.3 Å². The van der Waals surface area contributed by atoms with Crippen molar-refractivity contribution in [2.24, 2.45) is 0 Å². The third kappa shape index (κ3) is 3.19. The van der Waals surface area contributed by atoms with E-state index < -0.39 is 5.82 Å². The molecule has 1 amide bonds. The van der Waals surface area contributed by atoms with Gasteiger partial charge in [0.15, 0.2) is 0 Å². The molecule has 0 heterocycles. The molecule has 17 heavy (non-hydrogen) atoms. The summed E-state index contributed by atoms with van der Waals surface area (Å²) in [5.74, 6) is -1.19. The van der Waals surface area contributed by atoms with Crippen LogP contribution in [0.25, 0.3) is 0 Å². The lowest BCUT2D eigenvalue weighted by atomic mass is 10.1. The Bertz CT molecular complexity index is 404. The molecular weight excluding hydrogens is 221 g/mol. The van der Waals surface area contributed by atoms with E-state index in [-0.39, 0.29) is 23.3 Å². The lowest BCUT2D eigenvalue weighted by Gasteiger charge is -2.26. The standard InChI is InChI=1S/C13H18FNO2/c1-4-7-15(9(2)3)13(17)11-6-5-10(16)8-12(11)14/h5-6,8-9,16H,4,7H2,1-3H3. The van der Waals surface area contributed by atoms with Gasteiger partial charge >= 0.3 is 0 Å². The summed E-state index contributed by atoms with van der Waals surface area (Å²) in [7, 11) is 0. The van der Waals surface area contributed by atoms with Crippen LogP contribution in [-0.2, 0) is 0 Å². The number of carbonyl (C=O) groups excluding carboxylic acids is 1. The summed E-state index contributed by atoms with van der Waals surface area (Å²) in [6.45, 7) is 6.35. The van der Waals surface area contributed by atoms with Crippen LogP contribution in [-0.4, -0.2) is 28.5 Å². The van der Waals surface area contributed by atoms with Crippen molar-refractivity contribution in [3.05, 3.63) is 29.6 Å². The summed E-state index contributed by atoms with van der Waals surface area (Å²) in [5, 5.41) is 9.11. The van der Waals surface area contributed by atoms with Crippen molar-refractivity contribution in [1.29, 1.82) is 0 Å². The first-order valence-corrected chi connectivity index (χ1v) is 5.76. The Hall–Kier alpha value is -1.58. The third-order valence-corrected chi connectivity index (χ3v) is 2.53. The molecule has 0 radical (unpaired) electrons. The number of phenols is 1. The van der Waals surface area contributed by atoms with Crippen molar-refractivity contribution in [2.75, 3.05) is 6.54 Å². The smallest absolute Gasteiger partial charge is 0.257 e. The lowest BCUT2D eigenvalue weighted by Crippen LogP contribution is -2.37. The highest BCUT2D eigenvalue weighted by Gasteiger charge is 2.20. The summed E-state index contributed by atoms with van der Waals surface area (Å²) >= 11 is 0. The highest BCUT2D eigenvalue weighted by molar-refractivity contribution is 5.94. The van der Waals surface area contributed by atoms with Crippen molar-refractivity contribution >= 4 is 5.91 Å². The number of amides is 1. The van der Waals surface area contributed by atoms with E-state index >= 15 is 0 Å². The maximum absolute atomic E-state index is 13.6. The number of benzene rings is 1. The first-order chi connectivity index (χ1) is 7.97. The van der Waals surface area contributed by atoms with E-state index in [1.807, 2.05) is 20.8 Å². The molecule has 1 aromatic carbocycles. The first kappa shape index (κ1) is 13.5. The van der Waals surface area contributed by atoms with E-state index in [1.54, 1.807) is 4.90 Å². The Balaban J connectivity index is 3.01. The Labute approximate surface area is 101 Å². The van der Waals surface area contributed by atoms with Crippen LogP contribution in [0.5, 0.6) is 5.75 Å². The first-order valence-electron chi connectivity index (χ1n) is 5.76. The number of phenolic OH excluding ortho intramolecular Hbond substituents is 1. The Morgan fingerprint density at radius 3 is 2.59 bits per heavy atom. The minimum atomic E-state index is -0.684. The van der Waals surface area contributed by atoms with Gasteiger partial charge < -0.3 is 10.0 Å². The molecule has 0 aliphatic carbocycles. The zero-order valence-electron chi connectivity index (χ0n) is 10.4. The second-order valence-electron chi connectivity index (χ2n) is 4.26. The molecular formula is C13H18FNO2. The SMILES string of the molecule is CCCN(C(=O)c1ccc(O)cc1F)C(C)C. The maximum atomic E-state index is 13.6. The van der Waals surface area contributed by atoms with Gasteiger partial charge in [-0.1, -0.05) is 6.92 Å². The van der Waals surface area contributed by atoms with Crippen LogP contribution in [0.15, 0.2) is 18.2 Å². The molecule has 4 heteroatoms. The molecule has 0 atom stereocenters. The van der Waals surface area contributed by atoms with Crippen LogP contribution in [0.2, 0.25) is 0 Å². The normalized spacial score (nSPS) is 10.6. The van der Waals surface area contributed by atoms with Crippen LogP contribution in [0.1, 0.15) is 37.6 Å². The van der Waals surface area contributed by atoms with Crippen LogP contribution in [0.3, 0.4) is 0 Å². The van der Waals surface area contributed by atoms with Gasteiger partial charge in [-0.05, 0) is 32.4 Å². The molecule has 0 aliphatic heterocycles. The predicted octanol–water partition coefficient (Wildman–Crippen LogP) is 2.79. The number of aromatic hydroxyl groups is 1. The quantitative estimate of drug-likeness (QED) is 0.877. The molecule has 0 spiro atoms. The third-order valence-electron chi connectivity index (χ3n) is 2.53. The van der Waals surface area contributed by atoms with Gasteiger partial charge in [0.2, 0.25) is 0 Å². The molecule has 94 valence electrons. The average Bonchev–Trinajstić information content (AvgIpc) is 2.24. The summed E-state index contributed by atoms with van der Waals surface area (Å²) in [5.41, 5.74) is 0.00458. The Morgan fingerprint density at radius 1 is 1.47 bits per heavy atom.